The fraction of sp³-hybridized carbons (Fsp3) is 0.111. The van der Waals surface area contributed by atoms with Gasteiger partial charge in [-0.1, -0.05) is 46.3 Å². The standard InChI is InChI=1S/C18H15BrN2O2/c19-13-6-7-16-14(10-13)15(11-17(22)21-16)18(23)20-9-8-12-4-2-1-3-5-12/h1-7,10-11H,8-9H2,(H,20,23)(H,21,22). The van der Waals surface area contributed by atoms with Crippen LogP contribution >= 0.6 is 15.9 Å². The van der Waals surface area contributed by atoms with E-state index in [4.69, 9.17) is 0 Å². The van der Waals surface area contributed by atoms with Crippen molar-refractivity contribution in [3.05, 3.63) is 80.6 Å². The fourth-order valence-electron chi connectivity index (χ4n) is 2.47. The molecule has 0 aliphatic heterocycles. The Labute approximate surface area is 141 Å². The maximum Gasteiger partial charge on any atom is 0.252 e. The second-order valence-electron chi connectivity index (χ2n) is 5.23. The Morgan fingerprint density at radius 1 is 1.09 bits per heavy atom. The van der Waals surface area contributed by atoms with Crippen LogP contribution in [0, 0.1) is 0 Å². The molecule has 4 nitrogen and oxygen atoms in total. The zero-order chi connectivity index (χ0) is 16.2. The molecule has 0 aliphatic carbocycles. The minimum Gasteiger partial charge on any atom is -0.352 e. The van der Waals surface area contributed by atoms with Crippen molar-refractivity contribution in [1.29, 1.82) is 0 Å². The van der Waals surface area contributed by atoms with Gasteiger partial charge in [0.1, 0.15) is 0 Å². The number of carbonyl (C=O) groups is 1. The smallest absolute Gasteiger partial charge is 0.252 e. The van der Waals surface area contributed by atoms with Gasteiger partial charge in [-0.25, -0.2) is 0 Å². The third kappa shape index (κ3) is 3.68. The molecule has 0 fully saturated rings. The van der Waals surface area contributed by atoms with Crippen molar-refractivity contribution in [3.8, 4) is 0 Å². The number of aromatic amines is 1. The molecule has 3 rings (SSSR count). The van der Waals surface area contributed by atoms with E-state index < -0.39 is 0 Å². The van der Waals surface area contributed by atoms with Gasteiger partial charge in [-0.2, -0.15) is 0 Å². The summed E-state index contributed by atoms with van der Waals surface area (Å²) in [6.45, 7) is 0.519. The molecule has 1 aromatic heterocycles. The zero-order valence-electron chi connectivity index (χ0n) is 12.3. The molecule has 2 aromatic carbocycles. The van der Waals surface area contributed by atoms with Gasteiger partial charge < -0.3 is 10.3 Å². The van der Waals surface area contributed by atoms with Gasteiger partial charge in [0, 0.05) is 28.0 Å². The number of benzene rings is 2. The van der Waals surface area contributed by atoms with E-state index in [-0.39, 0.29) is 11.5 Å². The van der Waals surface area contributed by atoms with Gasteiger partial charge in [0.15, 0.2) is 0 Å². The number of aromatic nitrogens is 1. The lowest BCUT2D eigenvalue weighted by Gasteiger charge is -2.08. The third-order valence-electron chi connectivity index (χ3n) is 3.59. The van der Waals surface area contributed by atoms with Gasteiger partial charge in [0.05, 0.1) is 5.56 Å². The summed E-state index contributed by atoms with van der Waals surface area (Å²) in [4.78, 5) is 26.9. The number of nitrogens with one attached hydrogen (secondary N) is 2. The number of fused-ring (bicyclic) bond motifs is 1. The highest BCUT2D eigenvalue weighted by Gasteiger charge is 2.11. The summed E-state index contributed by atoms with van der Waals surface area (Å²) < 4.78 is 0.857. The first-order chi connectivity index (χ1) is 11.1. The van der Waals surface area contributed by atoms with E-state index in [9.17, 15) is 9.59 Å². The zero-order valence-corrected chi connectivity index (χ0v) is 13.9. The van der Waals surface area contributed by atoms with Gasteiger partial charge in [-0.05, 0) is 30.2 Å². The van der Waals surface area contributed by atoms with Gasteiger partial charge in [-0.15, -0.1) is 0 Å². The number of amides is 1. The molecule has 23 heavy (non-hydrogen) atoms. The van der Waals surface area contributed by atoms with E-state index in [0.717, 1.165) is 21.8 Å². The summed E-state index contributed by atoms with van der Waals surface area (Å²) in [5.41, 5.74) is 1.91. The van der Waals surface area contributed by atoms with Crippen LogP contribution in [0.2, 0.25) is 0 Å². The molecular formula is C18H15BrN2O2. The van der Waals surface area contributed by atoms with E-state index in [1.54, 1.807) is 6.07 Å². The Morgan fingerprint density at radius 3 is 2.65 bits per heavy atom. The molecule has 0 saturated carbocycles. The van der Waals surface area contributed by atoms with E-state index in [1.165, 1.54) is 6.07 Å². The Bertz CT molecular complexity index is 904. The first kappa shape index (κ1) is 15.5. The van der Waals surface area contributed by atoms with Crippen molar-refractivity contribution < 1.29 is 4.79 Å². The van der Waals surface area contributed by atoms with Crippen molar-refractivity contribution in [2.24, 2.45) is 0 Å². The topological polar surface area (TPSA) is 62.0 Å². The number of hydrogen-bond acceptors (Lipinski definition) is 2. The molecule has 0 unspecified atom stereocenters. The second kappa shape index (κ2) is 6.79. The first-order valence-corrected chi connectivity index (χ1v) is 8.07. The molecule has 5 heteroatoms. The molecular weight excluding hydrogens is 356 g/mol. The van der Waals surface area contributed by atoms with Crippen LogP contribution in [0.3, 0.4) is 0 Å². The number of H-pyrrole nitrogens is 1. The largest absolute Gasteiger partial charge is 0.352 e. The summed E-state index contributed by atoms with van der Waals surface area (Å²) >= 11 is 3.39. The first-order valence-electron chi connectivity index (χ1n) is 7.28. The maximum atomic E-state index is 12.4. The lowest BCUT2D eigenvalue weighted by atomic mass is 10.1. The van der Waals surface area contributed by atoms with Crippen LogP contribution in [0.4, 0.5) is 0 Å². The molecule has 3 aromatic rings. The average molecular weight is 371 g/mol. The van der Waals surface area contributed by atoms with Crippen LogP contribution in [0.25, 0.3) is 10.9 Å². The summed E-state index contributed by atoms with van der Waals surface area (Å²) in [5, 5.41) is 3.60. The van der Waals surface area contributed by atoms with Crippen LogP contribution in [0.1, 0.15) is 15.9 Å². The number of pyridine rings is 1. The number of halogens is 1. The van der Waals surface area contributed by atoms with Crippen molar-refractivity contribution in [2.45, 2.75) is 6.42 Å². The minimum absolute atomic E-state index is 0.241. The number of carbonyl (C=O) groups excluding carboxylic acids is 1. The summed E-state index contributed by atoms with van der Waals surface area (Å²) in [6, 6.07) is 16.7. The van der Waals surface area contributed by atoms with Gasteiger partial charge >= 0.3 is 0 Å². The Balaban J connectivity index is 1.80. The Hall–Kier alpha value is -2.40. The molecule has 116 valence electrons. The molecule has 0 aliphatic rings. The third-order valence-corrected chi connectivity index (χ3v) is 4.09. The van der Waals surface area contributed by atoms with Crippen LogP contribution in [0.15, 0.2) is 63.9 Å². The Morgan fingerprint density at radius 2 is 1.87 bits per heavy atom. The molecule has 2 N–H and O–H groups in total. The van der Waals surface area contributed by atoms with Gasteiger partial charge in [0.25, 0.3) is 5.91 Å². The maximum absolute atomic E-state index is 12.4. The fourth-order valence-corrected chi connectivity index (χ4v) is 2.84. The molecule has 0 radical (unpaired) electrons. The molecule has 0 saturated heterocycles. The summed E-state index contributed by atoms with van der Waals surface area (Å²) in [6.07, 6.45) is 0.747. The minimum atomic E-state index is -0.284. The highest BCUT2D eigenvalue weighted by Crippen LogP contribution is 2.20. The molecule has 0 bridgehead atoms. The lowest BCUT2D eigenvalue weighted by molar-refractivity contribution is 0.0955. The number of hydrogen-bond donors (Lipinski definition) is 2. The molecule has 1 amide bonds. The van der Waals surface area contributed by atoms with E-state index >= 15 is 0 Å². The van der Waals surface area contributed by atoms with Crippen LogP contribution in [0.5, 0.6) is 0 Å². The average Bonchev–Trinajstić information content (AvgIpc) is 2.55. The van der Waals surface area contributed by atoms with Crippen molar-refractivity contribution in [1.82, 2.24) is 10.3 Å². The van der Waals surface area contributed by atoms with Crippen LogP contribution in [-0.4, -0.2) is 17.4 Å². The monoisotopic (exact) mass is 370 g/mol. The van der Waals surface area contributed by atoms with E-state index in [2.05, 4.69) is 26.2 Å². The quantitative estimate of drug-likeness (QED) is 0.740. The second-order valence-corrected chi connectivity index (χ2v) is 6.14. The number of rotatable bonds is 4. The Kier molecular flexibility index (Phi) is 4.57. The van der Waals surface area contributed by atoms with E-state index in [1.807, 2.05) is 42.5 Å². The molecule has 0 atom stereocenters. The van der Waals surface area contributed by atoms with Gasteiger partial charge in [-0.3, -0.25) is 9.59 Å². The summed E-state index contributed by atoms with van der Waals surface area (Å²) in [5.74, 6) is -0.241. The highest BCUT2D eigenvalue weighted by molar-refractivity contribution is 9.10. The normalized spacial score (nSPS) is 10.7. The van der Waals surface area contributed by atoms with Gasteiger partial charge in [0.2, 0.25) is 5.56 Å². The predicted octanol–water partition coefficient (Wildman–Crippen LogP) is 3.26. The van der Waals surface area contributed by atoms with Crippen LogP contribution < -0.4 is 10.9 Å². The predicted molar refractivity (Wildman–Crippen MR) is 94.7 cm³/mol. The SMILES string of the molecule is O=C(NCCc1ccccc1)c1cc(=O)[nH]c2ccc(Br)cc12. The molecule has 0 spiro atoms. The molecule has 1 heterocycles. The van der Waals surface area contributed by atoms with Crippen LogP contribution in [-0.2, 0) is 6.42 Å². The summed E-state index contributed by atoms with van der Waals surface area (Å²) in [7, 11) is 0. The van der Waals surface area contributed by atoms with Crippen molar-refractivity contribution >= 4 is 32.7 Å². The lowest BCUT2D eigenvalue weighted by Crippen LogP contribution is -2.27. The van der Waals surface area contributed by atoms with Crippen molar-refractivity contribution in [3.63, 3.8) is 0 Å². The van der Waals surface area contributed by atoms with E-state index in [0.29, 0.717) is 17.6 Å². The highest BCUT2D eigenvalue weighted by atomic mass is 79.9. The van der Waals surface area contributed by atoms with Crippen molar-refractivity contribution in [2.75, 3.05) is 6.54 Å².